The van der Waals surface area contributed by atoms with Crippen molar-refractivity contribution in [3.63, 3.8) is 0 Å². The van der Waals surface area contributed by atoms with Crippen LogP contribution in [0.4, 0.5) is 0 Å². The number of carbonyl (C=O) groups excluding carboxylic acids is 1. The van der Waals surface area contributed by atoms with Gasteiger partial charge in [0.1, 0.15) is 6.04 Å². The van der Waals surface area contributed by atoms with Gasteiger partial charge in [0.15, 0.2) is 0 Å². The average molecular weight is 230 g/mol. The molecule has 0 saturated carbocycles. The Bertz CT molecular complexity index is 231. The molecule has 0 fully saturated rings. The molecule has 5 nitrogen and oxygen atoms in total. The van der Waals surface area contributed by atoms with E-state index in [9.17, 15) is 9.59 Å². The fraction of sp³-hybridized carbons (Fsp3) is 0.818. The van der Waals surface area contributed by atoms with Gasteiger partial charge in [-0.1, -0.05) is 19.8 Å². The lowest BCUT2D eigenvalue weighted by Gasteiger charge is -2.15. The van der Waals surface area contributed by atoms with Crippen molar-refractivity contribution in [1.82, 2.24) is 10.6 Å². The second kappa shape index (κ2) is 8.10. The molecule has 0 aliphatic carbocycles. The highest BCUT2D eigenvalue weighted by Gasteiger charge is 2.17. The summed E-state index contributed by atoms with van der Waals surface area (Å²) >= 11 is 0. The summed E-state index contributed by atoms with van der Waals surface area (Å²) in [4.78, 5) is 22.0. The van der Waals surface area contributed by atoms with Crippen LogP contribution in [-0.4, -0.2) is 35.6 Å². The fourth-order valence-electron chi connectivity index (χ4n) is 1.19. The first-order valence-corrected chi connectivity index (χ1v) is 5.75. The highest BCUT2D eigenvalue weighted by molar-refractivity contribution is 5.86. The number of hydrogen-bond donors (Lipinski definition) is 3. The van der Waals surface area contributed by atoms with Crippen molar-refractivity contribution in [3.05, 3.63) is 0 Å². The molecule has 0 heterocycles. The summed E-state index contributed by atoms with van der Waals surface area (Å²) in [6, 6.07) is -1.19. The van der Waals surface area contributed by atoms with E-state index in [2.05, 4.69) is 17.6 Å². The van der Waals surface area contributed by atoms with Crippen molar-refractivity contribution in [2.45, 2.75) is 52.1 Å². The first-order chi connectivity index (χ1) is 7.49. The van der Waals surface area contributed by atoms with Gasteiger partial charge in [0.05, 0.1) is 6.04 Å². The molecule has 5 heteroatoms. The third kappa shape index (κ3) is 6.40. The molecule has 0 aromatic carbocycles. The van der Waals surface area contributed by atoms with E-state index in [4.69, 9.17) is 5.11 Å². The Morgan fingerprint density at radius 2 is 1.81 bits per heavy atom. The normalized spacial score (nSPS) is 14.2. The summed E-state index contributed by atoms with van der Waals surface area (Å²) in [6.45, 7) is 6.08. The highest BCUT2D eigenvalue weighted by Crippen LogP contribution is 1.93. The smallest absolute Gasteiger partial charge is 0.325 e. The van der Waals surface area contributed by atoms with Gasteiger partial charge in [0, 0.05) is 0 Å². The summed E-state index contributed by atoms with van der Waals surface area (Å²) in [6.07, 6.45) is 3.30. The molecule has 2 unspecified atom stereocenters. The Morgan fingerprint density at radius 1 is 1.19 bits per heavy atom. The number of hydrogen-bond acceptors (Lipinski definition) is 3. The molecule has 1 amide bonds. The maximum Gasteiger partial charge on any atom is 0.325 e. The van der Waals surface area contributed by atoms with Crippen molar-refractivity contribution in [3.8, 4) is 0 Å². The third-order valence-corrected chi connectivity index (χ3v) is 2.35. The lowest BCUT2D eigenvalue weighted by Crippen LogP contribution is -2.48. The fourth-order valence-corrected chi connectivity index (χ4v) is 1.19. The van der Waals surface area contributed by atoms with Crippen LogP contribution in [0.25, 0.3) is 0 Å². The van der Waals surface area contributed by atoms with Gasteiger partial charge in [0.2, 0.25) is 5.91 Å². The minimum Gasteiger partial charge on any atom is -0.480 e. The predicted octanol–water partition coefficient (Wildman–Crippen LogP) is 0.744. The second-order valence-corrected chi connectivity index (χ2v) is 3.95. The SMILES string of the molecule is CCCCCNC(C)C(=O)NC(C)C(=O)O. The van der Waals surface area contributed by atoms with E-state index < -0.39 is 12.0 Å². The van der Waals surface area contributed by atoms with E-state index in [1.807, 2.05) is 0 Å². The van der Waals surface area contributed by atoms with E-state index in [1.54, 1.807) is 6.92 Å². The van der Waals surface area contributed by atoms with Gasteiger partial charge in [-0.15, -0.1) is 0 Å². The van der Waals surface area contributed by atoms with Gasteiger partial charge in [-0.3, -0.25) is 9.59 Å². The van der Waals surface area contributed by atoms with E-state index in [0.29, 0.717) is 0 Å². The van der Waals surface area contributed by atoms with Crippen molar-refractivity contribution in [2.24, 2.45) is 0 Å². The Hall–Kier alpha value is -1.10. The Balaban J connectivity index is 3.77. The van der Waals surface area contributed by atoms with Crippen LogP contribution in [0.2, 0.25) is 0 Å². The maximum atomic E-state index is 11.5. The number of rotatable bonds is 8. The van der Waals surface area contributed by atoms with Crippen molar-refractivity contribution >= 4 is 11.9 Å². The molecule has 3 N–H and O–H groups in total. The summed E-state index contributed by atoms with van der Waals surface area (Å²) in [7, 11) is 0. The number of carboxylic acid groups (broad SMARTS) is 1. The molecule has 0 radical (unpaired) electrons. The molecule has 2 atom stereocenters. The Kier molecular flexibility index (Phi) is 7.54. The molecule has 94 valence electrons. The van der Waals surface area contributed by atoms with Crippen LogP contribution in [0.15, 0.2) is 0 Å². The lowest BCUT2D eigenvalue weighted by atomic mass is 10.2. The molecule has 0 aromatic rings. The van der Waals surface area contributed by atoms with Crippen LogP contribution in [0, 0.1) is 0 Å². The number of nitrogens with one attached hydrogen (secondary N) is 2. The Labute approximate surface area is 96.6 Å². The number of carbonyl (C=O) groups is 2. The zero-order valence-electron chi connectivity index (χ0n) is 10.2. The molecule has 16 heavy (non-hydrogen) atoms. The van der Waals surface area contributed by atoms with Crippen molar-refractivity contribution in [1.29, 1.82) is 0 Å². The number of carboxylic acids is 1. The number of unbranched alkanes of at least 4 members (excludes halogenated alkanes) is 2. The molecular weight excluding hydrogens is 208 g/mol. The van der Waals surface area contributed by atoms with Crippen LogP contribution in [0.5, 0.6) is 0 Å². The van der Waals surface area contributed by atoms with Gasteiger partial charge in [-0.05, 0) is 26.8 Å². The summed E-state index contributed by atoms with van der Waals surface area (Å²) in [5.74, 6) is -1.29. The average Bonchev–Trinajstić information content (AvgIpc) is 2.23. The van der Waals surface area contributed by atoms with Gasteiger partial charge in [-0.2, -0.15) is 0 Å². The quantitative estimate of drug-likeness (QED) is 0.537. The van der Waals surface area contributed by atoms with Gasteiger partial charge in [-0.25, -0.2) is 0 Å². The molecule has 0 spiro atoms. The zero-order valence-corrected chi connectivity index (χ0v) is 10.2. The van der Waals surface area contributed by atoms with Crippen LogP contribution in [0.3, 0.4) is 0 Å². The third-order valence-electron chi connectivity index (χ3n) is 2.35. The standard InChI is InChI=1S/C11H22N2O3/c1-4-5-6-7-12-8(2)10(14)13-9(3)11(15)16/h8-9,12H,4-7H2,1-3H3,(H,13,14)(H,15,16). The van der Waals surface area contributed by atoms with E-state index in [0.717, 1.165) is 25.8 Å². The summed E-state index contributed by atoms with van der Waals surface area (Å²) in [5.41, 5.74) is 0. The molecule has 0 aromatic heterocycles. The van der Waals surface area contributed by atoms with Gasteiger partial charge >= 0.3 is 5.97 Å². The maximum absolute atomic E-state index is 11.5. The lowest BCUT2D eigenvalue weighted by molar-refractivity contribution is -0.141. The molecule has 0 aliphatic rings. The number of amides is 1. The molecule has 0 saturated heterocycles. The summed E-state index contributed by atoms with van der Waals surface area (Å²) in [5, 5.41) is 14.1. The second-order valence-electron chi connectivity index (χ2n) is 3.95. The number of aliphatic carboxylic acids is 1. The predicted molar refractivity (Wildman–Crippen MR) is 62.2 cm³/mol. The van der Waals surface area contributed by atoms with Crippen LogP contribution in [-0.2, 0) is 9.59 Å². The van der Waals surface area contributed by atoms with E-state index >= 15 is 0 Å². The van der Waals surface area contributed by atoms with E-state index in [-0.39, 0.29) is 11.9 Å². The van der Waals surface area contributed by atoms with Gasteiger partial charge in [0.25, 0.3) is 0 Å². The summed E-state index contributed by atoms with van der Waals surface area (Å²) < 4.78 is 0. The topological polar surface area (TPSA) is 78.4 Å². The van der Waals surface area contributed by atoms with Crippen molar-refractivity contribution in [2.75, 3.05) is 6.54 Å². The monoisotopic (exact) mass is 230 g/mol. The van der Waals surface area contributed by atoms with E-state index in [1.165, 1.54) is 6.92 Å². The largest absolute Gasteiger partial charge is 0.480 e. The first-order valence-electron chi connectivity index (χ1n) is 5.75. The highest BCUT2D eigenvalue weighted by atomic mass is 16.4. The Morgan fingerprint density at radius 3 is 2.31 bits per heavy atom. The van der Waals surface area contributed by atoms with Crippen LogP contribution < -0.4 is 10.6 Å². The van der Waals surface area contributed by atoms with Gasteiger partial charge < -0.3 is 15.7 Å². The zero-order chi connectivity index (χ0) is 12.6. The molecule has 0 aliphatic heterocycles. The van der Waals surface area contributed by atoms with Crippen LogP contribution in [0.1, 0.15) is 40.0 Å². The first kappa shape index (κ1) is 14.9. The van der Waals surface area contributed by atoms with Crippen LogP contribution >= 0.6 is 0 Å². The minimum atomic E-state index is -1.02. The molecule has 0 rings (SSSR count). The molecule has 0 bridgehead atoms. The molecular formula is C11H22N2O3. The van der Waals surface area contributed by atoms with Crippen molar-refractivity contribution < 1.29 is 14.7 Å². The minimum absolute atomic E-state index is 0.272.